The van der Waals surface area contributed by atoms with Gasteiger partial charge in [-0.3, -0.25) is 0 Å². The highest BCUT2D eigenvalue weighted by Gasteiger charge is 1.96. The van der Waals surface area contributed by atoms with E-state index in [0.29, 0.717) is 6.42 Å². The van der Waals surface area contributed by atoms with Gasteiger partial charge in [0, 0.05) is 12.1 Å². The largest absolute Gasteiger partial charge is 0.328 e. The Balaban J connectivity index is 2.95. The van der Waals surface area contributed by atoms with Crippen LogP contribution in [0.3, 0.4) is 0 Å². The van der Waals surface area contributed by atoms with Crippen molar-refractivity contribution in [2.24, 2.45) is 11.5 Å². The zero-order valence-electron chi connectivity index (χ0n) is 4.43. The minimum atomic E-state index is -0.0625. The van der Waals surface area contributed by atoms with Crippen LogP contribution in [0.15, 0.2) is 0 Å². The third kappa shape index (κ3) is 5.92. The van der Waals surface area contributed by atoms with E-state index in [1.54, 1.807) is 0 Å². The summed E-state index contributed by atoms with van der Waals surface area (Å²) in [5, 5.41) is 0. The lowest BCUT2D eigenvalue weighted by molar-refractivity contribution is 0.649. The highest BCUT2D eigenvalue weighted by atomic mass is 14.7. The quantitative estimate of drug-likeness (QED) is 0.500. The normalized spacial score (nSPS) is 18.9. The minimum Gasteiger partial charge on any atom is -0.328 e. The van der Waals surface area contributed by atoms with Gasteiger partial charge in [0.25, 0.3) is 0 Å². The van der Waals surface area contributed by atoms with Crippen molar-refractivity contribution >= 4 is 0 Å². The van der Waals surface area contributed by atoms with Crippen LogP contribution in [0, 0.1) is 13.8 Å². The van der Waals surface area contributed by atoms with Gasteiger partial charge in [0.05, 0.1) is 0 Å². The Morgan fingerprint density at radius 1 is 1.14 bits per heavy atom. The lowest BCUT2D eigenvalue weighted by Crippen LogP contribution is -2.26. The molecule has 0 aliphatic carbocycles. The highest BCUT2D eigenvalue weighted by molar-refractivity contribution is 4.72. The van der Waals surface area contributed by atoms with Crippen LogP contribution < -0.4 is 11.5 Å². The van der Waals surface area contributed by atoms with E-state index < -0.39 is 0 Å². The maximum atomic E-state index is 5.26. The summed E-state index contributed by atoms with van der Waals surface area (Å²) in [6.07, 6.45) is 0.694. The van der Waals surface area contributed by atoms with Crippen molar-refractivity contribution in [2.75, 3.05) is 0 Å². The third-order valence-electron chi connectivity index (χ3n) is 0.605. The Kier molecular flexibility index (Phi) is 2.96. The lowest BCUT2D eigenvalue weighted by atomic mass is 10.1. The first-order chi connectivity index (χ1) is 3.13. The van der Waals surface area contributed by atoms with Gasteiger partial charge in [0.15, 0.2) is 0 Å². The van der Waals surface area contributed by atoms with Gasteiger partial charge < -0.3 is 11.5 Å². The summed E-state index contributed by atoms with van der Waals surface area (Å²) in [6.45, 7) is 7.07. The van der Waals surface area contributed by atoms with Gasteiger partial charge >= 0.3 is 0 Å². The first kappa shape index (κ1) is 6.92. The molecule has 0 heterocycles. The maximum absolute atomic E-state index is 5.26. The number of nitrogens with two attached hydrogens (primary N) is 2. The fourth-order valence-electron chi connectivity index (χ4n) is 0.389. The summed E-state index contributed by atoms with van der Waals surface area (Å²) in [6, 6.07) is -0.125. The van der Waals surface area contributed by atoms with E-state index in [1.165, 1.54) is 0 Å². The second-order valence-corrected chi connectivity index (χ2v) is 1.76. The monoisotopic (exact) mass is 100 g/mol. The van der Waals surface area contributed by atoms with Crippen LogP contribution in [0.4, 0.5) is 0 Å². The number of hydrogen-bond donors (Lipinski definition) is 2. The molecule has 0 aliphatic heterocycles. The third-order valence-corrected chi connectivity index (χ3v) is 0.605. The van der Waals surface area contributed by atoms with Crippen molar-refractivity contribution in [1.29, 1.82) is 0 Å². The zero-order valence-corrected chi connectivity index (χ0v) is 4.43. The summed E-state index contributed by atoms with van der Waals surface area (Å²) in [4.78, 5) is 0. The topological polar surface area (TPSA) is 52.0 Å². The van der Waals surface area contributed by atoms with Crippen LogP contribution in [0.1, 0.15) is 6.42 Å². The van der Waals surface area contributed by atoms with E-state index in [2.05, 4.69) is 13.8 Å². The Bertz CT molecular complexity index is 35.3. The average molecular weight is 100 g/mol. The first-order valence-electron chi connectivity index (χ1n) is 2.30. The first-order valence-corrected chi connectivity index (χ1v) is 2.30. The minimum absolute atomic E-state index is 0.0625. The van der Waals surface area contributed by atoms with Crippen LogP contribution in [0.25, 0.3) is 0 Å². The van der Waals surface area contributed by atoms with Crippen molar-refractivity contribution in [3.63, 3.8) is 0 Å². The number of hydrogen-bond acceptors (Lipinski definition) is 2. The molecule has 42 valence electrons. The molecule has 2 atom stereocenters. The fraction of sp³-hybridized carbons (Fsp3) is 0.600. The molecule has 2 unspecified atom stereocenters. The molecule has 0 aromatic heterocycles. The van der Waals surface area contributed by atoms with E-state index >= 15 is 0 Å². The second-order valence-electron chi connectivity index (χ2n) is 1.76. The smallest absolute Gasteiger partial charge is 0.00541 e. The molecule has 2 radical (unpaired) electrons. The Morgan fingerprint density at radius 2 is 1.43 bits per heavy atom. The van der Waals surface area contributed by atoms with Crippen molar-refractivity contribution in [2.45, 2.75) is 18.5 Å². The molecule has 7 heavy (non-hydrogen) atoms. The lowest BCUT2D eigenvalue weighted by Gasteiger charge is -2.05. The summed E-state index contributed by atoms with van der Waals surface area (Å²) in [7, 11) is 0. The van der Waals surface area contributed by atoms with Gasteiger partial charge in [-0.05, 0) is 20.3 Å². The molecule has 2 nitrogen and oxygen atoms in total. The van der Waals surface area contributed by atoms with Crippen LogP contribution in [-0.4, -0.2) is 12.1 Å². The van der Waals surface area contributed by atoms with Gasteiger partial charge in [0.1, 0.15) is 0 Å². The van der Waals surface area contributed by atoms with Crippen molar-refractivity contribution in [1.82, 2.24) is 0 Å². The van der Waals surface area contributed by atoms with Gasteiger partial charge in [0.2, 0.25) is 0 Å². The predicted octanol–water partition coefficient (Wildman–Crippen LogP) is -0.301. The predicted molar refractivity (Wildman–Crippen MR) is 31.3 cm³/mol. The molecular weight excluding hydrogens is 88.1 g/mol. The van der Waals surface area contributed by atoms with Crippen molar-refractivity contribution in [3.8, 4) is 0 Å². The summed E-state index contributed by atoms with van der Waals surface area (Å²) < 4.78 is 0. The molecule has 0 saturated heterocycles. The van der Waals surface area contributed by atoms with Gasteiger partial charge in [-0.25, -0.2) is 0 Å². The van der Waals surface area contributed by atoms with E-state index in [4.69, 9.17) is 11.5 Å². The fourth-order valence-corrected chi connectivity index (χ4v) is 0.389. The SMILES string of the molecule is [CH2]C(N)CC([CH2])N. The maximum Gasteiger partial charge on any atom is 0.00541 e. The molecule has 0 spiro atoms. The van der Waals surface area contributed by atoms with Gasteiger partial charge in [-0.2, -0.15) is 0 Å². The van der Waals surface area contributed by atoms with E-state index in [1.807, 2.05) is 0 Å². The molecule has 0 aliphatic rings. The molecule has 0 saturated carbocycles. The highest BCUT2D eigenvalue weighted by Crippen LogP contribution is 1.87. The van der Waals surface area contributed by atoms with Crippen LogP contribution in [0.5, 0.6) is 0 Å². The summed E-state index contributed by atoms with van der Waals surface area (Å²) in [5.74, 6) is 0. The molecule has 2 heteroatoms. The molecule has 0 bridgehead atoms. The molecular formula is C5H12N2. The van der Waals surface area contributed by atoms with Gasteiger partial charge in [-0.15, -0.1) is 0 Å². The summed E-state index contributed by atoms with van der Waals surface area (Å²) >= 11 is 0. The average Bonchev–Trinajstić information content (AvgIpc) is 1.27. The zero-order chi connectivity index (χ0) is 5.86. The van der Waals surface area contributed by atoms with E-state index in [9.17, 15) is 0 Å². The van der Waals surface area contributed by atoms with Crippen LogP contribution in [-0.2, 0) is 0 Å². The van der Waals surface area contributed by atoms with Crippen LogP contribution >= 0.6 is 0 Å². The van der Waals surface area contributed by atoms with Crippen molar-refractivity contribution < 1.29 is 0 Å². The van der Waals surface area contributed by atoms with Gasteiger partial charge in [-0.1, -0.05) is 0 Å². The number of rotatable bonds is 2. The molecule has 0 rings (SSSR count). The van der Waals surface area contributed by atoms with Crippen molar-refractivity contribution in [3.05, 3.63) is 13.8 Å². The Morgan fingerprint density at radius 3 is 1.43 bits per heavy atom. The molecule has 0 fully saturated rings. The molecule has 0 aromatic carbocycles. The molecule has 4 N–H and O–H groups in total. The second kappa shape index (κ2) is 2.99. The van der Waals surface area contributed by atoms with E-state index in [0.717, 1.165) is 0 Å². The standard InChI is InChI=1S/C5H12N2/c1-4(6)3-5(2)7/h4-5H,1-3,6-7H2. The van der Waals surface area contributed by atoms with E-state index in [-0.39, 0.29) is 12.1 Å². The molecule has 0 amide bonds. The Labute approximate surface area is 44.9 Å². The van der Waals surface area contributed by atoms with Crippen LogP contribution in [0.2, 0.25) is 0 Å². The molecule has 0 aromatic rings. The Hall–Kier alpha value is -0.0800. The summed E-state index contributed by atoms with van der Waals surface area (Å²) in [5.41, 5.74) is 10.5.